The smallest absolute Gasteiger partial charge is 0.337 e. The van der Waals surface area contributed by atoms with Crippen molar-refractivity contribution in [1.29, 1.82) is 0 Å². The molecule has 1 aliphatic rings. The van der Waals surface area contributed by atoms with Crippen LogP contribution >= 0.6 is 0 Å². The van der Waals surface area contributed by atoms with Crippen molar-refractivity contribution in [2.75, 3.05) is 0 Å². The van der Waals surface area contributed by atoms with Crippen LogP contribution in [0.4, 0.5) is 0 Å². The summed E-state index contributed by atoms with van der Waals surface area (Å²) in [7, 11) is 0. The van der Waals surface area contributed by atoms with E-state index in [2.05, 4.69) is 4.99 Å². The summed E-state index contributed by atoms with van der Waals surface area (Å²) in [6.07, 6.45) is 0. The summed E-state index contributed by atoms with van der Waals surface area (Å²) < 4.78 is 4.75. The van der Waals surface area contributed by atoms with Gasteiger partial charge in [-0.1, -0.05) is 13.8 Å². The Labute approximate surface area is 60.1 Å². The Morgan fingerprint density at radius 3 is 2.40 bits per heavy atom. The van der Waals surface area contributed by atoms with Gasteiger partial charge in [-0.05, 0) is 5.92 Å². The molecule has 0 saturated heterocycles. The van der Waals surface area contributed by atoms with Gasteiger partial charge in [0.2, 0.25) is 0 Å². The molecule has 0 saturated carbocycles. The first-order chi connectivity index (χ1) is 4.61. The normalized spacial score (nSPS) is 25.0. The van der Waals surface area contributed by atoms with Crippen LogP contribution in [0.5, 0.6) is 0 Å². The second kappa shape index (κ2) is 2.40. The highest BCUT2D eigenvalue weighted by Crippen LogP contribution is 2.14. The molecule has 0 fully saturated rings. The molecule has 3 nitrogen and oxygen atoms in total. The molecule has 1 aliphatic heterocycles. The highest BCUT2D eigenvalue weighted by molar-refractivity contribution is 5.96. The van der Waals surface area contributed by atoms with Crippen molar-refractivity contribution in [2.24, 2.45) is 10.9 Å². The first kappa shape index (κ1) is 7.25. The summed E-state index contributed by atoms with van der Waals surface area (Å²) >= 11 is 0. The number of carbonyl (C=O) groups is 1. The fourth-order valence-electron chi connectivity index (χ4n) is 0.902. The summed E-state index contributed by atoms with van der Waals surface area (Å²) in [5, 5.41) is 0. The Morgan fingerprint density at radius 1 is 1.60 bits per heavy atom. The number of hydrogen-bond donors (Lipinski definition) is 0. The van der Waals surface area contributed by atoms with E-state index >= 15 is 0 Å². The molecule has 56 valence electrons. The molecule has 0 N–H and O–H groups in total. The van der Waals surface area contributed by atoms with Crippen LogP contribution in [0.3, 0.4) is 0 Å². The minimum atomic E-state index is -0.264. The number of cyclic esters (lactones) is 1. The molecule has 1 unspecified atom stereocenters. The molecular formula is C7H11NO2. The van der Waals surface area contributed by atoms with Crippen LogP contribution in [-0.2, 0) is 9.53 Å². The molecule has 0 aliphatic carbocycles. The largest absolute Gasteiger partial charge is 0.411 e. The average Bonchev–Trinajstić information content (AvgIpc) is 2.10. The van der Waals surface area contributed by atoms with E-state index in [1.807, 2.05) is 13.8 Å². The fraction of sp³-hybridized carbons (Fsp3) is 0.714. The minimum absolute atomic E-state index is 0.215. The third kappa shape index (κ3) is 1.17. The Hall–Kier alpha value is -0.860. The van der Waals surface area contributed by atoms with Gasteiger partial charge in [0.1, 0.15) is 0 Å². The molecule has 0 aromatic heterocycles. The summed E-state index contributed by atoms with van der Waals surface area (Å²) in [6.45, 7) is 5.60. The van der Waals surface area contributed by atoms with E-state index in [1.165, 1.54) is 0 Å². The van der Waals surface area contributed by atoms with Crippen molar-refractivity contribution < 1.29 is 9.53 Å². The molecule has 1 heterocycles. The van der Waals surface area contributed by atoms with Gasteiger partial charge in [-0.25, -0.2) is 9.79 Å². The second-order valence-electron chi connectivity index (χ2n) is 2.76. The quantitative estimate of drug-likeness (QED) is 0.511. The molecular weight excluding hydrogens is 130 g/mol. The monoisotopic (exact) mass is 141 g/mol. The van der Waals surface area contributed by atoms with Gasteiger partial charge in [0, 0.05) is 6.92 Å². The van der Waals surface area contributed by atoms with Crippen LogP contribution in [0.15, 0.2) is 4.99 Å². The second-order valence-corrected chi connectivity index (χ2v) is 2.76. The highest BCUT2D eigenvalue weighted by atomic mass is 16.6. The van der Waals surface area contributed by atoms with Gasteiger partial charge < -0.3 is 4.74 Å². The molecule has 0 aromatic carbocycles. The lowest BCUT2D eigenvalue weighted by atomic mass is 10.1. The van der Waals surface area contributed by atoms with Gasteiger partial charge in [0.25, 0.3) is 0 Å². The van der Waals surface area contributed by atoms with Gasteiger partial charge in [-0.15, -0.1) is 0 Å². The van der Waals surface area contributed by atoms with E-state index < -0.39 is 0 Å². The van der Waals surface area contributed by atoms with E-state index in [0.29, 0.717) is 5.90 Å². The zero-order chi connectivity index (χ0) is 7.72. The summed E-state index contributed by atoms with van der Waals surface area (Å²) in [5.74, 6) is 0.515. The van der Waals surface area contributed by atoms with Gasteiger partial charge in [-0.2, -0.15) is 0 Å². The zero-order valence-corrected chi connectivity index (χ0v) is 6.42. The summed E-state index contributed by atoms with van der Waals surface area (Å²) in [5.41, 5.74) is 0. The third-order valence-electron chi connectivity index (χ3n) is 1.44. The number of esters is 1. The summed E-state index contributed by atoms with van der Waals surface area (Å²) in [4.78, 5) is 14.9. The van der Waals surface area contributed by atoms with Crippen molar-refractivity contribution in [3.63, 3.8) is 0 Å². The van der Waals surface area contributed by atoms with Crippen LogP contribution < -0.4 is 0 Å². The van der Waals surface area contributed by atoms with E-state index in [0.717, 1.165) is 0 Å². The lowest BCUT2D eigenvalue weighted by Gasteiger charge is -2.04. The van der Waals surface area contributed by atoms with E-state index in [1.54, 1.807) is 6.92 Å². The molecule has 1 rings (SSSR count). The first-order valence-electron chi connectivity index (χ1n) is 3.37. The SMILES string of the molecule is CC1=NC(C(C)C)C(=O)O1. The van der Waals surface area contributed by atoms with Crippen molar-refractivity contribution in [2.45, 2.75) is 26.8 Å². The maximum Gasteiger partial charge on any atom is 0.337 e. The highest BCUT2D eigenvalue weighted by Gasteiger charge is 2.29. The van der Waals surface area contributed by atoms with E-state index in [-0.39, 0.29) is 17.9 Å². The fourth-order valence-corrected chi connectivity index (χ4v) is 0.902. The van der Waals surface area contributed by atoms with Crippen LogP contribution in [0.1, 0.15) is 20.8 Å². The lowest BCUT2D eigenvalue weighted by molar-refractivity contribution is -0.135. The average molecular weight is 141 g/mol. The third-order valence-corrected chi connectivity index (χ3v) is 1.44. The van der Waals surface area contributed by atoms with Crippen LogP contribution in [0.25, 0.3) is 0 Å². The molecule has 0 amide bonds. The maximum atomic E-state index is 10.9. The number of carbonyl (C=O) groups excluding carboxylic acids is 1. The number of rotatable bonds is 1. The predicted molar refractivity (Wildman–Crippen MR) is 37.8 cm³/mol. The molecule has 1 atom stereocenters. The Morgan fingerprint density at radius 2 is 2.20 bits per heavy atom. The molecule has 3 heteroatoms. The predicted octanol–water partition coefficient (Wildman–Crippen LogP) is 0.986. The molecule has 0 radical (unpaired) electrons. The van der Waals surface area contributed by atoms with Gasteiger partial charge in [0.05, 0.1) is 0 Å². The van der Waals surface area contributed by atoms with Gasteiger partial charge >= 0.3 is 5.97 Å². The molecule has 10 heavy (non-hydrogen) atoms. The van der Waals surface area contributed by atoms with Crippen LogP contribution in [0, 0.1) is 5.92 Å². The maximum absolute atomic E-state index is 10.9. The number of aliphatic imine (C=N–C) groups is 1. The first-order valence-corrected chi connectivity index (χ1v) is 3.37. The van der Waals surface area contributed by atoms with Crippen molar-refractivity contribution in [3.8, 4) is 0 Å². The number of nitrogens with zero attached hydrogens (tertiary/aromatic N) is 1. The Balaban J connectivity index is 2.69. The number of ether oxygens (including phenoxy) is 1. The molecule has 0 spiro atoms. The zero-order valence-electron chi connectivity index (χ0n) is 6.42. The van der Waals surface area contributed by atoms with Crippen LogP contribution in [-0.4, -0.2) is 17.9 Å². The lowest BCUT2D eigenvalue weighted by Crippen LogP contribution is -2.20. The van der Waals surface area contributed by atoms with Crippen LogP contribution in [0.2, 0.25) is 0 Å². The van der Waals surface area contributed by atoms with E-state index in [9.17, 15) is 4.79 Å². The van der Waals surface area contributed by atoms with E-state index in [4.69, 9.17) is 4.74 Å². The van der Waals surface area contributed by atoms with Gasteiger partial charge in [0.15, 0.2) is 11.9 Å². The molecule has 0 aromatic rings. The van der Waals surface area contributed by atoms with Crippen molar-refractivity contribution >= 4 is 11.9 Å². The Kier molecular flexibility index (Phi) is 1.74. The topological polar surface area (TPSA) is 38.7 Å². The molecule has 0 bridgehead atoms. The van der Waals surface area contributed by atoms with Crippen molar-refractivity contribution in [3.05, 3.63) is 0 Å². The van der Waals surface area contributed by atoms with Gasteiger partial charge in [-0.3, -0.25) is 0 Å². The standard InChI is InChI=1S/C7H11NO2/c1-4(2)6-7(9)10-5(3)8-6/h4,6H,1-3H3. The number of hydrogen-bond acceptors (Lipinski definition) is 3. The summed E-state index contributed by atoms with van der Waals surface area (Å²) in [6, 6.07) is -0.264. The van der Waals surface area contributed by atoms with Crippen molar-refractivity contribution in [1.82, 2.24) is 0 Å². The Bertz CT molecular complexity index is 184. The minimum Gasteiger partial charge on any atom is -0.411 e.